The molecule has 1 aromatic heterocycles. The Bertz CT molecular complexity index is 544. The monoisotopic (exact) mass is 317 g/mol. The van der Waals surface area contributed by atoms with Gasteiger partial charge in [-0.2, -0.15) is 0 Å². The van der Waals surface area contributed by atoms with Gasteiger partial charge in [-0.25, -0.2) is 13.1 Å². The highest BCUT2D eigenvalue weighted by atomic mass is 32.2. The molecule has 6 nitrogen and oxygen atoms in total. The molecule has 0 spiro atoms. The zero-order chi connectivity index (χ0) is 16.3. The van der Waals surface area contributed by atoms with Crippen molar-refractivity contribution in [3.8, 4) is 0 Å². The SMILES string of the molecule is CC(CN(C)C)NS(=O)(=O)c1ccc(CNC(C)(C)C)o1. The molecule has 0 saturated carbocycles. The molecule has 0 fully saturated rings. The fraction of sp³-hybridized carbons (Fsp3) is 0.714. The van der Waals surface area contributed by atoms with E-state index in [9.17, 15) is 8.42 Å². The summed E-state index contributed by atoms with van der Waals surface area (Å²) in [6.07, 6.45) is 0. The smallest absolute Gasteiger partial charge is 0.274 e. The zero-order valence-corrected chi connectivity index (χ0v) is 14.5. The Hall–Kier alpha value is -0.890. The van der Waals surface area contributed by atoms with Gasteiger partial charge in [0.2, 0.25) is 5.09 Å². The van der Waals surface area contributed by atoms with Gasteiger partial charge >= 0.3 is 0 Å². The maximum atomic E-state index is 12.2. The summed E-state index contributed by atoms with van der Waals surface area (Å²) in [5.41, 5.74) is -0.0513. The Kier molecular flexibility index (Phi) is 5.98. The van der Waals surface area contributed by atoms with E-state index in [1.54, 1.807) is 6.07 Å². The van der Waals surface area contributed by atoms with Gasteiger partial charge in [-0.1, -0.05) is 0 Å². The lowest BCUT2D eigenvalue weighted by atomic mass is 10.1. The van der Waals surface area contributed by atoms with Gasteiger partial charge in [0.25, 0.3) is 10.0 Å². The van der Waals surface area contributed by atoms with Crippen molar-refractivity contribution >= 4 is 10.0 Å². The first-order chi connectivity index (χ1) is 9.49. The lowest BCUT2D eigenvalue weighted by Gasteiger charge is -2.19. The van der Waals surface area contributed by atoms with Crippen LogP contribution in [0.2, 0.25) is 0 Å². The normalized spacial score (nSPS) is 14.6. The lowest BCUT2D eigenvalue weighted by Crippen LogP contribution is -2.39. The minimum absolute atomic E-state index is 0.0428. The summed E-state index contributed by atoms with van der Waals surface area (Å²) in [5, 5.41) is 3.21. The molecule has 0 saturated heterocycles. The van der Waals surface area contributed by atoms with Gasteiger partial charge in [-0.15, -0.1) is 0 Å². The first kappa shape index (κ1) is 18.2. The molecule has 7 heteroatoms. The Morgan fingerprint density at radius 2 is 1.90 bits per heavy atom. The van der Waals surface area contributed by atoms with Crippen LogP contribution >= 0.6 is 0 Å². The molecule has 1 unspecified atom stereocenters. The fourth-order valence-corrected chi connectivity index (χ4v) is 3.04. The fourth-order valence-electron chi connectivity index (χ4n) is 1.86. The minimum atomic E-state index is -3.61. The Morgan fingerprint density at radius 3 is 2.43 bits per heavy atom. The van der Waals surface area contributed by atoms with Crippen molar-refractivity contribution in [2.45, 2.75) is 50.9 Å². The molecule has 1 heterocycles. The summed E-state index contributed by atoms with van der Waals surface area (Å²) in [6.45, 7) is 9.06. The second kappa shape index (κ2) is 6.91. The molecule has 0 radical (unpaired) electrons. The lowest BCUT2D eigenvalue weighted by molar-refractivity contribution is 0.352. The van der Waals surface area contributed by atoms with E-state index in [1.807, 2.05) is 46.7 Å². The number of rotatable bonds is 7. The molecular weight excluding hydrogens is 290 g/mol. The van der Waals surface area contributed by atoms with Crippen LogP contribution in [0.15, 0.2) is 21.6 Å². The third-order valence-electron chi connectivity index (χ3n) is 2.69. The maximum absolute atomic E-state index is 12.2. The topological polar surface area (TPSA) is 74.6 Å². The Morgan fingerprint density at radius 1 is 1.29 bits per heavy atom. The number of hydrogen-bond acceptors (Lipinski definition) is 5. The van der Waals surface area contributed by atoms with Crippen LogP contribution in [0.4, 0.5) is 0 Å². The second-order valence-corrected chi connectivity index (χ2v) is 8.25. The van der Waals surface area contributed by atoms with Gasteiger partial charge in [0.1, 0.15) is 5.76 Å². The summed E-state index contributed by atoms with van der Waals surface area (Å²) >= 11 is 0. The Balaban J connectivity index is 2.70. The molecule has 1 aromatic rings. The van der Waals surface area contributed by atoms with Gasteiger partial charge in [-0.05, 0) is 53.9 Å². The van der Waals surface area contributed by atoms with Crippen LogP contribution in [-0.2, 0) is 16.6 Å². The number of nitrogens with one attached hydrogen (secondary N) is 2. The molecule has 0 aliphatic rings. The van der Waals surface area contributed by atoms with E-state index in [2.05, 4.69) is 10.0 Å². The van der Waals surface area contributed by atoms with Gasteiger partial charge in [-0.3, -0.25) is 0 Å². The third kappa shape index (κ3) is 6.60. The molecular formula is C14H27N3O3S. The highest BCUT2D eigenvalue weighted by Crippen LogP contribution is 2.15. The van der Waals surface area contributed by atoms with Crippen molar-refractivity contribution in [2.75, 3.05) is 20.6 Å². The summed E-state index contributed by atoms with van der Waals surface area (Å²) in [4.78, 5) is 1.92. The van der Waals surface area contributed by atoms with Crippen LogP contribution < -0.4 is 10.0 Å². The van der Waals surface area contributed by atoms with Crippen molar-refractivity contribution in [3.05, 3.63) is 17.9 Å². The van der Waals surface area contributed by atoms with E-state index >= 15 is 0 Å². The summed E-state index contributed by atoms with van der Waals surface area (Å²) < 4.78 is 32.4. The van der Waals surface area contributed by atoms with Crippen molar-refractivity contribution in [1.82, 2.24) is 14.9 Å². The van der Waals surface area contributed by atoms with Crippen molar-refractivity contribution in [2.24, 2.45) is 0 Å². The van der Waals surface area contributed by atoms with Crippen LogP contribution in [0.25, 0.3) is 0 Å². The minimum Gasteiger partial charge on any atom is -0.447 e. The molecule has 0 aliphatic heterocycles. The number of sulfonamides is 1. The molecule has 122 valence electrons. The molecule has 0 bridgehead atoms. The average Bonchev–Trinajstić information content (AvgIpc) is 2.72. The predicted octanol–water partition coefficient (Wildman–Crippen LogP) is 1.40. The van der Waals surface area contributed by atoms with Crippen LogP contribution in [0.5, 0.6) is 0 Å². The number of furan rings is 1. The van der Waals surface area contributed by atoms with E-state index in [1.165, 1.54) is 6.07 Å². The average molecular weight is 317 g/mol. The molecule has 0 aromatic carbocycles. The van der Waals surface area contributed by atoms with Crippen molar-refractivity contribution in [3.63, 3.8) is 0 Å². The van der Waals surface area contributed by atoms with Crippen LogP contribution in [0.3, 0.4) is 0 Å². The third-order valence-corrected chi connectivity index (χ3v) is 4.15. The van der Waals surface area contributed by atoms with E-state index in [4.69, 9.17) is 4.42 Å². The number of likely N-dealkylation sites (N-methyl/N-ethyl adjacent to an activating group) is 1. The molecule has 0 aliphatic carbocycles. The predicted molar refractivity (Wildman–Crippen MR) is 83.6 cm³/mol. The first-order valence-electron chi connectivity index (χ1n) is 7.00. The molecule has 2 N–H and O–H groups in total. The van der Waals surface area contributed by atoms with Gasteiger partial charge < -0.3 is 14.6 Å². The van der Waals surface area contributed by atoms with Gasteiger partial charge in [0.05, 0.1) is 6.54 Å². The molecule has 1 rings (SSSR count). The zero-order valence-electron chi connectivity index (χ0n) is 13.7. The van der Waals surface area contributed by atoms with Gasteiger partial charge in [0.15, 0.2) is 0 Å². The van der Waals surface area contributed by atoms with E-state index < -0.39 is 10.0 Å². The molecule has 21 heavy (non-hydrogen) atoms. The van der Waals surface area contributed by atoms with Crippen LogP contribution in [0, 0.1) is 0 Å². The molecule has 0 amide bonds. The van der Waals surface area contributed by atoms with E-state index in [-0.39, 0.29) is 16.7 Å². The van der Waals surface area contributed by atoms with E-state index in [0.29, 0.717) is 18.8 Å². The second-order valence-electron chi connectivity index (χ2n) is 6.61. The highest BCUT2D eigenvalue weighted by molar-refractivity contribution is 7.89. The number of nitrogens with zero attached hydrogens (tertiary/aromatic N) is 1. The van der Waals surface area contributed by atoms with E-state index in [0.717, 1.165) is 0 Å². The summed E-state index contributed by atoms with van der Waals surface area (Å²) in [5.74, 6) is 0.602. The first-order valence-corrected chi connectivity index (χ1v) is 8.49. The number of hydrogen-bond donors (Lipinski definition) is 2. The largest absolute Gasteiger partial charge is 0.447 e. The van der Waals surface area contributed by atoms with Gasteiger partial charge in [0, 0.05) is 18.1 Å². The van der Waals surface area contributed by atoms with Crippen LogP contribution in [0.1, 0.15) is 33.5 Å². The van der Waals surface area contributed by atoms with Crippen LogP contribution in [-0.4, -0.2) is 45.5 Å². The summed E-state index contributed by atoms with van der Waals surface area (Å²) in [6, 6.07) is 2.99. The summed E-state index contributed by atoms with van der Waals surface area (Å²) in [7, 11) is 0.184. The van der Waals surface area contributed by atoms with Crippen molar-refractivity contribution in [1.29, 1.82) is 0 Å². The molecule has 1 atom stereocenters. The highest BCUT2D eigenvalue weighted by Gasteiger charge is 2.22. The maximum Gasteiger partial charge on any atom is 0.274 e. The van der Waals surface area contributed by atoms with Crippen molar-refractivity contribution < 1.29 is 12.8 Å². The standard InChI is InChI=1S/C14H27N3O3S/c1-11(10-17(5)6)16-21(18,19)13-8-7-12(20-13)9-15-14(2,3)4/h7-8,11,15-16H,9-10H2,1-6H3. The quantitative estimate of drug-likeness (QED) is 0.795. The Labute approximate surface area is 127 Å².